The maximum Gasteiger partial charge on any atom is 0.0635 e. The first-order valence-electron chi connectivity index (χ1n) is 5.27. The van der Waals surface area contributed by atoms with Crippen LogP contribution in [0.2, 0.25) is 0 Å². The van der Waals surface area contributed by atoms with Gasteiger partial charge in [0.15, 0.2) is 0 Å². The van der Waals surface area contributed by atoms with Crippen LogP contribution in [0, 0.1) is 0 Å². The summed E-state index contributed by atoms with van der Waals surface area (Å²) in [6.45, 7) is 0.722. The van der Waals surface area contributed by atoms with Crippen molar-refractivity contribution < 1.29 is 9.84 Å². The molecule has 1 rings (SSSR count). The van der Waals surface area contributed by atoms with Gasteiger partial charge in [0.05, 0.1) is 6.10 Å². The molecule has 0 heterocycles. The number of hydrogen-bond acceptors (Lipinski definition) is 3. The number of rotatable bonds is 7. The SMILES string of the molecule is COCCCC(O)CSc1ccc(Br)cc1. The molecule has 1 unspecified atom stereocenters. The van der Waals surface area contributed by atoms with E-state index in [1.807, 2.05) is 12.1 Å². The maximum atomic E-state index is 9.71. The average molecular weight is 305 g/mol. The molecule has 1 atom stereocenters. The Hall–Kier alpha value is -0.0300. The average Bonchev–Trinajstić information content (AvgIpc) is 2.29. The van der Waals surface area contributed by atoms with Gasteiger partial charge in [0.25, 0.3) is 0 Å². The number of thioether (sulfide) groups is 1. The van der Waals surface area contributed by atoms with Crippen molar-refractivity contribution in [2.75, 3.05) is 19.5 Å². The molecule has 0 bridgehead atoms. The van der Waals surface area contributed by atoms with E-state index >= 15 is 0 Å². The molecule has 1 aromatic rings. The third-order valence-electron chi connectivity index (χ3n) is 2.14. The van der Waals surface area contributed by atoms with E-state index in [4.69, 9.17) is 4.74 Å². The van der Waals surface area contributed by atoms with Crippen LogP contribution in [0.5, 0.6) is 0 Å². The van der Waals surface area contributed by atoms with Crippen molar-refractivity contribution in [2.45, 2.75) is 23.8 Å². The summed E-state index contributed by atoms with van der Waals surface area (Å²) in [5.74, 6) is 0.741. The molecule has 0 spiro atoms. The molecule has 2 nitrogen and oxygen atoms in total. The Bertz CT molecular complexity index is 290. The van der Waals surface area contributed by atoms with E-state index in [1.54, 1.807) is 18.9 Å². The van der Waals surface area contributed by atoms with Crippen LogP contribution in [0.25, 0.3) is 0 Å². The van der Waals surface area contributed by atoms with E-state index in [2.05, 4.69) is 28.1 Å². The first-order valence-corrected chi connectivity index (χ1v) is 7.05. The van der Waals surface area contributed by atoms with Crippen molar-refractivity contribution in [1.82, 2.24) is 0 Å². The lowest BCUT2D eigenvalue weighted by Crippen LogP contribution is -2.10. The summed E-state index contributed by atoms with van der Waals surface area (Å²) in [6.07, 6.45) is 1.47. The van der Waals surface area contributed by atoms with Gasteiger partial charge in [0, 0.05) is 28.8 Å². The lowest BCUT2D eigenvalue weighted by molar-refractivity contribution is 0.149. The van der Waals surface area contributed by atoms with Crippen LogP contribution in [0.4, 0.5) is 0 Å². The summed E-state index contributed by atoms with van der Waals surface area (Å²) >= 11 is 5.08. The third kappa shape index (κ3) is 5.89. The quantitative estimate of drug-likeness (QED) is 0.619. The zero-order valence-corrected chi connectivity index (χ0v) is 11.8. The molecule has 16 heavy (non-hydrogen) atoms. The second-order valence-corrected chi connectivity index (χ2v) is 5.56. The Balaban J connectivity index is 2.20. The zero-order chi connectivity index (χ0) is 11.8. The van der Waals surface area contributed by atoms with Gasteiger partial charge in [-0.3, -0.25) is 0 Å². The van der Waals surface area contributed by atoms with Gasteiger partial charge in [-0.1, -0.05) is 15.9 Å². The monoisotopic (exact) mass is 304 g/mol. The van der Waals surface area contributed by atoms with Gasteiger partial charge in [0.1, 0.15) is 0 Å². The van der Waals surface area contributed by atoms with Crippen LogP contribution in [0.15, 0.2) is 33.6 Å². The molecule has 1 N–H and O–H groups in total. The molecular formula is C12H17BrO2S. The highest BCUT2D eigenvalue weighted by atomic mass is 79.9. The van der Waals surface area contributed by atoms with Gasteiger partial charge in [-0.2, -0.15) is 0 Å². The second-order valence-electron chi connectivity index (χ2n) is 3.55. The highest BCUT2D eigenvalue weighted by Gasteiger charge is 2.04. The summed E-state index contributed by atoms with van der Waals surface area (Å²) < 4.78 is 6.03. The molecule has 90 valence electrons. The van der Waals surface area contributed by atoms with Crippen molar-refractivity contribution in [2.24, 2.45) is 0 Å². The van der Waals surface area contributed by atoms with Crippen LogP contribution in [0.3, 0.4) is 0 Å². The van der Waals surface area contributed by atoms with Gasteiger partial charge >= 0.3 is 0 Å². The predicted octanol–water partition coefficient (Wildman–Crippen LogP) is 3.33. The fourth-order valence-electron chi connectivity index (χ4n) is 1.27. The number of aliphatic hydroxyl groups is 1. The number of halogens is 1. The van der Waals surface area contributed by atoms with Crippen LogP contribution in [-0.4, -0.2) is 30.7 Å². The Morgan fingerprint density at radius 1 is 1.38 bits per heavy atom. The standard InChI is InChI=1S/C12H17BrO2S/c1-15-8-2-3-11(14)9-16-12-6-4-10(13)5-7-12/h4-7,11,14H,2-3,8-9H2,1H3. The summed E-state index contributed by atoms with van der Waals surface area (Å²) in [6, 6.07) is 8.13. The lowest BCUT2D eigenvalue weighted by Gasteiger charge is -2.09. The number of ether oxygens (including phenoxy) is 1. The summed E-state index contributed by atoms with van der Waals surface area (Å²) in [7, 11) is 1.68. The molecule has 0 amide bonds. The summed E-state index contributed by atoms with van der Waals surface area (Å²) in [4.78, 5) is 1.19. The van der Waals surface area contributed by atoms with Crippen molar-refractivity contribution >= 4 is 27.7 Å². The number of aliphatic hydroxyl groups excluding tert-OH is 1. The van der Waals surface area contributed by atoms with Crippen LogP contribution in [-0.2, 0) is 4.74 Å². The highest BCUT2D eigenvalue weighted by Crippen LogP contribution is 2.22. The van der Waals surface area contributed by atoms with E-state index in [-0.39, 0.29) is 6.10 Å². The normalized spacial score (nSPS) is 12.7. The van der Waals surface area contributed by atoms with Crippen molar-refractivity contribution in [3.8, 4) is 0 Å². The van der Waals surface area contributed by atoms with E-state index in [9.17, 15) is 5.11 Å². The van der Waals surface area contributed by atoms with Crippen LogP contribution >= 0.6 is 27.7 Å². The zero-order valence-electron chi connectivity index (χ0n) is 9.36. The fraction of sp³-hybridized carbons (Fsp3) is 0.500. The van der Waals surface area contributed by atoms with E-state index in [1.165, 1.54) is 4.90 Å². The van der Waals surface area contributed by atoms with Crippen molar-refractivity contribution in [3.63, 3.8) is 0 Å². The smallest absolute Gasteiger partial charge is 0.0635 e. The lowest BCUT2D eigenvalue weighted by atomic mass is 10.2. The minimum atomic E-state index is -0.246. The van der Waals surface area contributed by atoms with Gasteiger partial charge in [0.2, 0.25) is 0 Å². The Labute approximate surface area is 110 Å². The predicted molar refractivity (Wildman–Crippen MR) is 72.0 cm³/mol. The Morgan fingerprint density at radius 2 is 2.06 bits per heavy atom. The molecule has 0 fully saturated rings. The topological polar surface area (TPSA) is 29.5 Å². The van der Waals surface area contributed by atoms with Crippen LogP contribution < -0.4 is 0 Å². The molecule has 0 saturated heterocycles. The third-order valence-corrected chi connectivity index (χ3v) is 3.83. The first-order chi connectivity index (χ1) is 7.72. The number of methoxy groups -OCH3 is 1. The van der Waals surface area contributed by atoms with Gasteiger partial charge in [-0.05, 0) is 37.1 Å². The fourth-order valence-corrected chi connectivity index (χ4v) is 2.41. The first kappa shape index (κ1) is 14.0. The summed E-state index contributed by atoms with van der Waals surface area (Å²) in [5.41, 5.74) is 0. The van der Waals surface area contributed by atoms with E-state index < -0.39 is 0 Å². The van der Waals surface area contributed by atoms with E-state index in [0.29, 0.717) is 0 Å². The second kappa shape index (κ2) is 8.12. The Morgan fingerprint density at radius 3 is 2.69 bits per heavy atom. The number of hydrogen-bond donors (Lipinski definition) is 1. The largest absolute Gasteiger partial charge is 0.392 e. The van der Waals surface area contributed by atoms with Gasteiger partial charge < -0.3 is 9.84 Å². The van der Waals surface area contributed by atoms with Crippen molar-refractivity contribution in [1.29, 1.82) is 0 Å². The summed E-state index contributed by atoms with van der Waals surface area (Å²) in [5, 5.41) is 9.71. The van der Waals surface area contributed by atoms with Gasteiger partial charge in [-0.15, -0.1) is 11.8 Å². The molecule has 1 aromatic carbocycles. The Kier molecular flexibility index (Phi) is 7.12. The van der Waals surface area contributed by atoms with E-state index in [0.717, 1.165) is 29.7 Å². The molecular weight excluding hydrogens is 288 g/mol. The number of benzene rings is 1. The molecule has 0 radical (unpaired) electrons. The van der Waals surface area contributed by atoms with Crippen molar-refractivity contribution in [3.05, 3.63) is 28.7 Å². The molecule has 0 aliphatic carbocycles. The minimum absolute atomic E-state index is 0.246. The highest BCUT2D eigenvalue weighted by molar-refractivity contribution is 9.10. The molecule has 0 aromatic heterocycles. The molecule has 0 saturated carbocycles. The molecule has 4 heteroatoms. The maximum absolute atomic E-state index is 9.71. The molecule has 0 aliphatic rings. The minimum Gasteiger partial charge on any atom is -0.392 e. The molecule has 0 aliphatic heterocycles. The van der Waals surface area contributed by atoms with Gasteiger partial charge in [-0.25, -0.2) is 0 Å². The van der Waals surface area contributed by atoms with Crippen LogP contribution in [0.1, 0.15) is 12.8 Å².